The molecule has 4 heterocycles. The van der Waals surface area contributed by atoms with Gasteiger partial charge in [0.2, 0.25) is 0 Å². The Balaban J connectivity index is 1.07. The summed E-state index contributed by atoms with van der Waals surface area (Å²) in [5.74, 6) is 0.926. The van der Waals surface area contributed by atoms with E-state index in [1.807, 2.05) is 0 Å². The average molecular weight is 1420 g/mol. The highest BCUT2D eigenvalue weighted by Crippen LogP contribution is 2.39. The monoisotopic (exact) mass is 1410 g/mol. The maximum atomic E-state index is 16.8. The lowest BCUT2D eigenvalue weighted by atomic mass is 10.0. The minimum Gasteiger partial charge on any atom is -0.494 e. The second-order valence-corrected chi connectivity index (χ2v) is 27.8. The van der Waals surface area contributed by atoms with Crippen molar-refractivity contribution in [2.24, 2.45) is 0 Å². The van der Waals surface area contributed by atoms with E-state index in [4.69, 9.17) is 65.8 Å². The van der Waals surface area contributed by atoms with E-state index in [9.17, 15) is 10.5 Å². The molecule has 20 heteroatoms. The number of hydrogen-bond donors (Lipinski definition) is 0. The number of aromatic nitrogens is 6. The lowest BCUT2D eigenvalue weighted by molar-refractivity contribution is 0.304. The Bertz CT molecular complexity index is 3750. The van der Waals surface area contributed by atoms with E-state index >= 15 is 17.3 Å². The largest absolute Gasteiger partial charge is 0.678 e. The van der Waals surface area contributed by atoms with E-state index in [0.29, 0.717) is 44.7 Å². The van der Waals surface area contributed by atoms with Crippen LogP contribution in [0.15, 0.2) is 85.2 Å². The molecule has 4 aromatic heterocycles. The Morgan fingerprint density at radius 1 is 0.388 bits per heavy atom. The van der Waals surface area contributed by atoms with Crippen molar-refractivity contribution < 1.29 is 26.7 Å². The lowest BCUT2D eigenvalue weighted by Crippen LogP contribution is -2.33. The van der Waals surface area contributed by atoms with Crippen molar-refractivity contribution in [2.75, 3.05) is 13.2 Å². The average Bonchev–Trinajstić information content (AvgIpc) is 1.53. The number of ether oxygens (including phenoxy) is 2. The van der Waals surface area contributed by atoms with Gasteiger partial charge in [0.1, 0.15) is 46.2 Å². The van der Waals surface area contributed by atoms with Crippen LogP contribution >= 0.6 is 46.4 Å². The van der Waals surface area contributed by atoms with Crippen LogP contribution in [0.2, 0.25) is 20.1 Å². The number of unbranched alkanes of at least 4 members (excludes halogenated alkanes) is 34. The summed E-state index contributed by atoms with van der Waals surface area (Å²) in [6.45, 7) is 5.36. The van der Waals surface area contributed by atoms with Gasteiger partial charge in [-0.25, -0.2) is 9.97 Å². The van der Waals surface area contributed by atoms with Crippen molar-refractivity contribution in [3.8, 4) is 46.2 Å². The molecule has 0 radical (unpaired) electrons. The zero-order valence-electron chi connectivity index (χ0n) is 57.5. The van der Waals surface area contributed by atoms with Gasteiger partial charge in [0.15, 0.2) is 0 Å². The maximum Gasteiger partial charge on any atom is 0.678 e. The topological polar surface area (TPSA) is 127 Å². The van der Waals surface area contributed by atoms with Crippen molar-refractivity contribution in [3.63, 3.8) is 0 Å². The van der Waals surface area contributed by atoms with Crippen molar-refractivity contribution in [2.45, 2.75) is 245 Å². The number of nitrogens with zero attached hydrogens (tertiary/aromatic N) is 8. The fourth-order valence-electron chi connectivity index (χ4n) is 13.4. The minimum atomic E-state index is -3.42. The Morgan fingerprint density at radius 2 is 0.643 bits per heavy atom. The SMILES string of the molecule is CCCCCCCCCCCCCCCCCCCCOc1ccc(-c2c3/c(=C(\C#N)c4cnc5cc(Cl)c(Cl)cc5n4)n(B(F)F)c(-c4ccc(OCCCCCCCCCCCCCCCCCCCC)cc4)c3/c(=C(\C#N)c3cnc4cc(Cl)c(Cl)cc4n3)n2B(F)F)cc1. The normalized spacial score (nSPS) is 12.2. The van der Waals surface area contributed by atoms with Crippen LogP contribution < -0.4 is 20.2 Å². The number of nitriles is 2. The Labute approximate surface area is 599 Å². The van der Waals surface area contributed by atoms with Crippen LogP contribution in [0.25, 0.3) is 66.5 Å². The predicted molar refractivity (Wildman–Crippen MR) is 401 cm³/mol. The fraction of sp³-hybridized carbons (Fsp3) is 0.513. The Morgan fingerprint density at radius 3 is 0.898 bits per heavy atom. The second kappa shape index (κ2) is 42.1. The number of rotatable bonds is 46. The second-order valence-electron chi connectivity index (χ2n) is 26.2. The highest BCUT2D eigenvalue weighted by molar-refractivity contribution is 6.45. The smallest absolute Gasteiger partial charge is 0.494 e. The van der Waals surface area contributed by atoms with Crippen LogP contribution in [-0.4, -0.2) is 56.9 Å². The van der Waals surface area contributed by atoms with E-state index in [1.54, 1.807) is 48.5 Å². The van der Waals surface area contributed by atoms with Crippen LogP contribution in [0.4, 0.5) is 17.3 Å². The molecule has 0 aliphatic rings. The molecule has 0 N–H and O–H groups in total. The van der Waals surface area contributed by atoms with E-state index in [2.05, 4.69) is 36.0 Å². The zero-order chi connectivity index (χ0) is 69.4. The molecule has 0 aliphatic heterocycles. The maximum absolute atomic E-state index is 16.8. The molecule has 0 spiro atoms. The summed E-state index contributed by atoms with van der Waals surface area (Å²) in [4.78, 5) is 18.4. The lowest BCUT2D eigenvalue weighted by Gasteiger charge is -2.14. The van der Waals surface area contributed by atoms with Crippen LogP contribution in [0.1, 0.15) is 256 Å². The van der Waals surface area contributed by atoms with Crippen LogP contribution in [0.5, 0.6) is 11.5 Å². The van der Waals surface area contributed by atoms with Gasteiger partial charge in [0.25, 0.3) is 0 Å². The minimum absolute atomic E-state index is 0.123. The molecule has 0 unspecified atom stereocenters. The van der Waals surface area contributed by atoms with Gasteiger partial charge in [-0.1, -0.05) is 279 Å². The molecular formula is C78H96B2Cl4F4N8O2. The number of hydrogen-bond acceptors (Lipinski definition) is 8. The third-order valence-electron chi connectivity index (χ3n) is 18.7. The Kier molecular flexibility index (Phi) is 33.3. The van der Waals surface area contributed by atoms with Crippen molar-refractivity contribution in [1.82, 2.24) is 28.9 Å². The molecule has 0 bridgehead atoms. The van der Waals surface area contributed by atoms with Gasteiger partial charge in [-0.3, -0.25) is 27.2 Å². The molecule has 0 amide bonds. The zero-order valence-corrected chi connectivity index (χ0v) is 60.5. The molecule has 0 atom stereocenters. The third kappa shape index (κ3) is 22.4. The Hall–Kier alpha value is -6.29. The van der Waals surface area contributed by atoms with Gasteiger partial charge in [-0.2, -0.15) is 10.5 Å². The van der Waals surface area contributed by atoms with Crippen molar-refractivity contribution in [3.05, 3.63) is 127 Å². The van der Waals surface area contributed by atoms with Gasteiger partial charge in [-0.05, 0) is 96.8 Å². The predicted octanol–water partition coefficient (Wildman–Crippen LogP) is 24.1. The molecule has 0 saturated heterocycles. The van der Waals surface area contributed by atoms with Crippen LogP contribution in [0, 0.1) is 22.7 Å². The molecule has 8 rings (SSSR count). The molecular weight excluding hydrogens is 1320 g/mol. The van der Waals surface area contributed by atoms with Crippen molar-refractivity contribution >= 4 is 105 Å². The van der Waals surface area contributed by atoms with Crippen molar-refractivity contribution in [1.29, 1.82) is 10.5 Å². The van der Waals surface area contributed by atoms with Gasteiger partial charge in [-0.15, -0.1) is 0 Å². The molecule has 0 saturated carbocycles. The van der Waals surface area contributed by atoms with Gasteiger partial charge < -0.3 is 18.4 Å². The summed E-state index contributed by atoms with van der Waals surface area (Å²) in [5, 5.41) is 22.1. The standard InChI is InChI=1S/C78H96B2Cl4F4N8O2/c1-3-5-7-9-11-13-15-17-19-21-23-25-27-29-31-33-35-37-47-97-59-43-39-57(40-44-59)75-73-74(78(95(75)79(85)86)62(54-90)72-56-92-68-50-64(82)66(84)52-70(68)94-72)76(96(80(87)88)77(73)61(53-89)71-55-91-67-49-63(81)65(83)51-69(67)93-71)58-41-45-60(46-42-58)98-48-38-36-34-32-30-28-26-24-22-20-18-16-14-12-10-8-6-4-2/h39-46,49-52,55-56H,3-38,47-48H2,1-2H3/b77-61-,78-62-. The number of halogens is 8. The first kappa shape index (κ1) is 77.4. The summed E-state index contributed by atoms with van der Waals surface area (Å²) < 4.78 is 81.1. The molecule has 10 nitrogen and oxygen atoms in total. The van der Waals surface area contributed by atoms with Crippen LogP contribution in [-0.2, 0) is 0 Å². The van der Waals surface area contributed by atoms with E-state index in [0.717, 1.165) is 51.4 Å². The van der Waals surface area contributed by atoms with E-state index in [-0.39, 0.29) is 75.8 Å². The van der Waals surface area contributed by atoms with Gasteiger partial charge >= 0.3 is 14.8 Å². The molecule has 522 valence electrons. The summed E-state index contributed by atoms with van der Waals surface area (Å²) in [5.41, 5.74) is -0.573. The van der Waals surface area contributed by atoms with Crippen LogP contribution in [0.3, 0.4) is 0 Å². The molecule has 0 fully saturated rings. The summed E-state index contributed by atoms with van der Waals surface area (Å²) in [6.07, 6.45) is 47.7. The molecule has 8 aromatic rings. The molecule has 0 aliphatic carbocycles. The summed E-state index contributed by atoms with van der Waals surface area (Å²) in [6, 6.07) is 22.9. The molecule has 4 aromatic carbocycles. The first-order valence-corrected chi connectivity index (χ1v) is 38.0. The third-order valence-corrected chi connectivity index (χ3v) is 20.2. The first-order valence-electron chi connectivity index (χ1n) is 36.5. The fourth-order valence-corrected chi connectivity index (χ4v) is 14.0. The summed E-state index contributed by atoms with van der Waals surface area (Å²) in [7, 11) is -6.85. The number of fused-ring (bicyclic) bond motifs is 3. The van der Waals surface area contributed by atoms with Gasteiger partial charge in [0, 0.05) is 10.8 Å². The number of benzene rings is 4. The highest BCUT2D eigenvalue weighted by atomic mass is 35.5. The van der Waals surface area contributed by atoms with E-state index < -0.39 is 36.6 Å². The van der Waals surface area contributed by atoms with E-state index in [1.165, 1.54) is 216 Å². The quantitative estimate of drug-likeness (QED) is 0.0210. The highest BCUT2D eigenvalue weighted by Gasteiger charge is 2.37. The first-order chi connectivity index (χ1) is 47.9. The summed E-state index contributed by atoms with van der Waals surface area (Å²) >= 11 is 25.7. The molecule has 98 heavy (non-hydrogen) atoms. The van der Waals surface area contributed by atoms with Gasteiger partial charge in [0.05, 0.1) is 89.9 Å².